The Morgan fingerprint density at radius 1 is 1.13 bits per heavy atom. The summed E-state index contributed by atoms with van der Waals surface area (Å²) in [5.41, 5.74) is 4.22. The maximum absolute atomic E-state index is 13.8. The Hall–Kier alpha value is -3.45. The minimum atomic E-state index is -0.407. The first kappa shape index (κ1) is 19.5. The molecular weight excluding hydrogens is 415 g/mol. The van der Waals surface area contributed by atoms with Crippen LogP contribution in [0.3, 0.4) is 0 Å². The summed E-state index contributed by atoms with van der Waals surface area (Å²) in [4.78, 5) is 28.9. The van der Waals surface area contributed by atoms with Gasteiger partial charge in [0.25, 0.3) is 5.91 Å². The zero-order chi connectivity index (χ0) is 21.4. The molecule has 0 saturated heterocycles. The van der Waals surface area contributed by atoms with Crippen LogP contribution in [-0.2, 0) is 27.4 Å². The molecule has 0 radical (unpaired) electrons. The van der Waals surface area contributed by atoms with Crippen LogP contribution in [0.5, 0.6) is 0 Å². The standard InChI is InChI=1S/C24H17FN2O3S/c25-16-6-8-19-18(12-16)22(24(29)27-19)23-17-7-4-14(11-15(17)13-30-23)5-9-21(28)31-20-3-1-2-10-26-20/h1-4,6-8,10-12H,5,9,13H2,(H,27,29)/b23-22+. The molecule has 0 spiro atoms. The molecule has 0 atom stereocenters. The highest BCUT2D eigenvalue weighted by atomic mass is 32.2. The molecule has 0 saturated carbocycles. The number of halogens is 1. The number of hydrogen-bond acceptors (Lipinski definition) is 5. The Morgan fingerprint density at radius 2 is 2.03 bits per heavy atom. The molecule has 5 rings (SSSR count). The molecule has 7 heteroatoms. The van der Waals surface area contributed by atoms with Gasteiger partial charge >= 0.3 is 0 Å². The van der Waals surface area contributed by atoms with E-state index >= 15 is 0 Å². The van der Waals surface area contributed by atoms with Gasteiger partial charge in [0.05, 0.1) is 5.57 Å². The quantitative estimate of drug-likeness (QED) is 0.473. The van der Waals surface area contributed by atoms with E-state index in [2.05, 4.69) is 10.3 Å². The lowest BCUT2D eigenvalue weighted by molar-refractivity contribution is -0.111. The molecular formula is C24H17FN2O3S. The molecule has 2 aliphatic rings. The van der Waals surface area contributed by atoms with E-state index in [0.29, 0.717) is 47.1 Å². The van der Waals surface area contributed by atoms with E-state index in [4.69, 9.17) is 4.74 Å². The van der Waals surface area contributed by atoms with Crippen molar-refractivity contribution in [2.45, 2.75) is 24.5 Å². The number of rotatable bonds is 4. The molecule has 1 amide bonds. The molecule has 0 aliphatic carbocycles. The summed E-state index contributed by atoms with van der Waals surface area (Å²) in [5.74, 6) is -0.245. The number of aromatic nitrogens is 1. The Labute approximate surface area is 182 Å². The minimum Gasteiger partial charge on any atom is -0.487 e. The first-order valence-electron chi connectivity index (χ1n) is 9.81. The predicted molar refractivity (Wildman–Crippen MR) is 116 cm³/mol. The number of carbonyl (C=O) groups excluding carboxylic acids is 2. The highest BCUT2D eigenvalue weighted by Crippen LogP contribution is 2.42. The van der Waals surface area contributed by atoms with Crippen LogP contribution in [0.15, 0.2) is 65.8 Å². The van der Waals surface area contributed by atoms with Crippen LogP contribution in [0.4, 0.5) is 10.1 Å². The van der Waals surface area contributed by atoms with Gasteiger partial charge in [-0.05, 0) is 54.1 Å². The third kappa shape index (κ3) is 3.84. The summed E-state index contributed by atoms with van der Waals surface area (Å²) in [6.07, 6.45) is 2.66. The SMILES string of the molecule is O=C(CCc1ccc2c(c1)CO/C2=C1/C(=O)Nc2ccc(F)cc21)Sc1ccccn1. The van der Waals surface area contributed by atoms with Gasteiger partial charge in [-0.25, -0.2) is 9.37 Å². The van der Waals surface area contributed by atoms with Crippen molar-refractivity contribution in [1.29, 1.82) is 0 Å². The molecule has 0 unspecified atom stereocenters. The van der Waals surface area contributed by atoms with Crippen molar-refractivity contribution in [3.8, 4) is 0 Å². The van der Waals surface area contributed by atoms with Gasteiger partial charge in [-0.15, -0.1) is 0 Å². The number of pyridine rings is 1. The number of carbonyl (C=O) groups is 2. The van der Waals surface area contributed by atoms with Crippen molar-refractivity contribution in [2.24, 2.45) is 0 Å². The number of thioether (sulfide) groups is 1. The third-order valence-electron chi connectivity index (χ3n) is 5.21. The minimum absolute atomic E-state index is 0.0551. The fraction of sp³-hybridized carbons (Fsp3) is 0.125. The van der Waals surface area contributed by atoms with E-state index in [1.54, 1.807) is 12.3 Å². The van der Waals surface area contributed by atoms with Crippen molar-refractivity contribution in [3.63, 3.8) is 0 Å². The number of hydrogen-bond donors (Lipinski definition) is 1. The number of ether oxygens (including phenoxy) is 1. The van der Waals surface area contributed by atoms with Crippen molar-refractivity contribution in [2.75, 3.05) is 5.32 Å². The summed E-state index contributed by atoms with van der Waals surface area (Å²) in [6.45, 7) is 0.330. The zero-order valence-electron chi connectivity index (χ0n) is 16.4. The Kier molecular flexibility index (Phi) is 5.03. The molecule has 154 valence electrons. The van der Waals surface area contributed by atoms with Gasteiger partial charge in [-0.3, -0.25) is 9.59 Å². The van der Waals surface area contributed by atoms with Gasteiger partial charge in [0.1, 0.15) is 23.2 Å². The smallest absolute Gasteiger partial charge is 0.260 e. The van der Waals surface area contributed by atoms with Crippen LogP contribution < -0.4 is 5.32 Å². The number of nitrogens with one attached hydrogen (secondary N) is 1. The van der Waals surface area contributed by atoms with E-state index in [1.807, 2.05) is 36.4 Å². The van der Waals surface area contributed by atoms with Crippen molar-refractivity contribution < 1.29 is 18.7 Å². The van der Waals surface area contributed by atoms with Gasteiger partial charge in [-0.1, -0.05) is 24.3 Å². The fourth-order valence-electron chi connectivity index (χ4n) is 3.76. The first-order valence-corrected chi connectivity index (χ1v) is 10.6. The number of anilines is 1. The summed E-state index contributed by atoms with van der Waals surface area (Å²) in [7, 11) is 0. The van der Waals surface area contributed by atoms with Crippen molar-refractivity contribution in [1.82, 2.24) is 4.98 Å². The molecule has 1 aromatic heterocycles. The van der Waals surface area contributed by atoms with Crippen LogP contribution in [0.25, 0.3) is 11.3 Å². The fourth-order valence-corrected chi connectivity index (χ4v) is 4.46. The van der Waals surface area contributed by atoms with Gasteiger partial charge in [-0.2, -0.15) is 0 Å². The Bertz CT molecular complexity index is 1240. The van der Waals surface area contributed by atoms with Crippen LogP contribution in [-0.4, -0.2) is 16.0 Å². The largest absolute Gasteiger partial charge is 0.487 e. The van der Waals surface area contributed by atoms with E-state index < -0.39 is 5.82 Å². The van der Waals surface area contributed by atoms with Crippen LogP contribution in [0.1, 0.15) is 28.7 Å². The first-order chi connectivity index (χ1) is 15.1. The van der Waals surface area contributed by atoms with E-state index in [9.17, 15) is 14.0 Å². The molecule has 1 N–H and O–H groups in total. The number of amides is 1. The van der Waals surface area contributed by atoms with Crippen molar-refractivity contribution in [3.05, 3.63) is 88.9 Å². The van der Waals surface area contributed by atoms with Crippen LogP contribution in [0, 0.1) is 5.82 Å². The van der Waals surface area contributed by atoms with E-state index in [-0.39, 0.29) is 11.0 Å². The summed E-state index contributed by atoms with van der Waals surface area (Å²) >= 11 is 1.14. The molecule has 2 aliphatic heterocycles. The number of nitrogens with zero attached hydrogens (tertiary/aromatic N) is 1. The van der Waals surface area contributed by atoms with Gasteiger partial charge < -0.3 is 10.1 Å². The maximum Gasteiger partial charge on any atom is 0.260 e. The van der Waals surface area contributed by atoms with E-state index in [1.165, 1.54) is 12.1 Å². The molecule has 3 aromatic rings. The van der Waals surface area contributed by atoms with Gasteiger partial charge in [0.15, 0.2) is 5.12 Å². The van der Waals surface area contributed by atoms with E-state index in [0.717, 1.165) is 28.5 Å². The highest BCUT2D eigenvalue weighted by Gasteiger charge is 2.32. The van der Waals surface area contributed by atoms with Crippen LogP contribution in [0.2, 0.25) is 0 Å². The number of aryl methyl sites for hydroxylation is 1. The lowest BCUT2D eigenvalue weighted by atomic mass is 9.98. The highest BCUT2D eigenvalue weighted by molar-refractivity contribution is 8.13. The number of benzene rings is 2. The van der Waals surface area contributed by atoms with Crippen molar-refractivity contribution >= 4 is 39.8 Å². The zero-order valence-corrected chi connectivity index (χ0v) is 17.2. The second kappa shape index (κ2) is 8.00. The average molecular weight is 432 g/mol. The summed E-state index contributed by atoms with van der Waals surface area (Å²) in [6, 6.07) is 15.5. The maximum atomic E-state index is 13.8. The average Bonchev–Trinajstić information content (AvgIpc) is 3.32. The number of fused-ring (bicyclic) bond motifs is 2. The lowest BCUT2D eigenvalue weighted by Crippen LogP contribution is -2.05. The van der Waals surface area contributed by atoms with Gasteiger partial charge in [0.2, 0.25) is 0 Å². The molecule has 3 heterocycles. The Balaban J connectivity index is 1.35. The van der Waals surface area contributed by atoms with Gasteiger partial charge in [0, 0.05) is 35.0 Å². The monoisotopic (exact) mass is 432 g/mol. The normalized spacial score (nSPS) is 16.5. The molecule has 2 aromatic carbocycles. The molecule has 0 fully saturated rings. The Morgan fingerprint density at radius 3 is 2.87 bits per heavy atom. The summed E-state index contributed by atoms with van der Waals surface area (Å²) in [5, 5.41) is 3.51. The summed E-state index contributed by atoms with van der Waals surface area (Å²) < 4.78 is 19.6. The molecule has 5 nitrogen and oxygen atoms in total. The lowest BCUT2D eigenvalue weighted by Gasteiger charge is -2.06. The molecule has 0 bridgehead atoms. The molecule has 31 heavy (non-hydrogen) atoms. The second-order valence-electron chi connectivity index (χ2n) is 7.27. The predicted octanol–water partition coefficient (Wildman–Crippen LogP) is 4.82. The second-order valence-corrected chi connectivity index (χ2v) is 8.35. The van der Waals surface area contributed by atoms with Crippen LogP contribution >= 0.6 is 11.8 Å². The third-order valence-corrected chi connectivity index (χ3v) is 6.10. The topological polar surface area (TPSA) is 68.3 Å².